The average molecular weight is 457 g/mol. The highest BCUT2D eigenvalue weighted by atomic mass is 16.5. The summed E-state index contributed by atoms with van der Waals surface area (Å²) in [5.41, 5.74) is 5.83. The van der Waals surface area contributed by atoms with Crippen molar-refractivity contribution in [2.45, 2.75) is 0 Å². The van der Waals surface area contributed by atoms with Gasteiger partial charge in [0, 0.05) is 23.4 Å². The van der Waals surface area contributed by atoms with Gasteiger partial charge in [-0.15, -0.1) is 0 Å². The molecule has 0 fully saturated rings. The average Bonchev–Trinajstić information content (AvgIpc) is 3.35. The van der Waals surface area contributed by atoms with Crippen LogP contribution in [-0.2, 0) is 0 Å². The molecule has 8 heteroatoms. The predicted octanol–water partition coefficient (Wildman–Crippen LogP) is 4.33. The fourth-order valence-electron chi connectivity index (χ4n) is 3.44. The Balaban J connectivity index is 1.63. The molecule has 1 aromatic heterocycles. The van der Waals surface area contributed by atoms with E-state index in [1.54, 1.807) is 44.3 Å². The third kappa shape index (κ3) is 4.75. The highest BCUT2D eigenvalue weighted by Gasteiger charge is 2.18. The molecular weight excluding hydrogens is 432 g/mol. The normalized spacial score (nSPS) is 10.8. The number of hydrazone groups is 1. The standard InChI is InChI=1S/C26H24N4O4/c1-32-22-15-24(34-3)23(33-2)14-19(22)16-27-28-26(31)21-17-30(20-12-8-5-9-13-20)29-25(21)18-10-6-4-7-11-18/h4-17H,1-3H3,(H,28,31)/b27-16+. The van der Waals surface area contributed by atoms with Crippen molar-refractivity contribution in [3.8, 4) is 34.2 Å². The maximum atomic E-state index is 13.1. The van der Waals surface area contributed by atoms with E-state index in [9.17, 15) is 4.79 Å². The molecule has 0 unspecified atom stereocenters. The lowest BCUT2D eigenvalue weighted by atomic mass is 10.1. The Kier molecular flexibility index (Phi) is 6.88. The summed E-state index contributed by atoms with van der Waals surface area (Å²) in [6.07, 6.45) is 3.18. The number of rotatable bonds is 8. The lowest BCUT2D eigenvalue weighted by Gasteiger charge is -2.11. The number of amides is 1. The lowest BCUT2D eigenvalue weighted by Crippen LogP contribution is -2.18. The topological polar surface area (TPSA) is 87.0 Å². The molecule has 1 amide bonds. The van der Waals surface area contributed by atoms with E-state index in [1.165, 1.54) is 6.21 Å². The molecule has 0 aliphatic heterocycles. The van der Waals surface area contributed by atoms with E-state index in [-0.39, 0.29) is 0 Å². The van der Waals surface area contributed by atoms with Gasteiger partial charge in [0.2, 0.25) is 0 Å². The fraction of sp³-hybridized carbons (Fsp3) is 0.115. The summed E-state index contributed by atoms with van der Waals surface area (Å²) in [6, 6.07) is 22.6. The number of hydrogen-bond acceptors (Lipinski definition) is 6. The molecule has 0 atom stereocenters. The number of benzene rings is 3. The van der Waals surface area contributed by atoms with Gasteiger partial charge in [-0.1, -0.05) is 48.5 Å². The molecule has 0 bridgehead atoms. The minimum Gasteiger partial charge on any atom is -0.496 e. The Morgan fingerprint density at radius 1 is 0.882 bits per heavy atom. The van der Waals surface area contributed by atoms with Crippen LogP contribution in [0.25, 0.3) is 16.9 Å². The van der Waals surface area contributed by atoms with Crippen molar-refractivity contribution in [2.24, 2.45) is 5.10 Å². The van der Waals surface area contributed by atoms with E-state index < -0.39 is 5.91 Å². The molecule has 4 aromatic rings. The second-order valence-electron chi connectivity index (χ2n) is 7.19. The van der Waals surface area contributed by atoms with Crippen LogP contribution in [0.15, 0.2) is 84.1 Å². The molecule has 172 valence electrons. The third-order valence-corrected chi connectivity index (χ3v) is 5.13. The molecule has 0 aliphatic carbocycles. The van der Waals surface area contributed by atoms with Crippen LogP contribution in [0.5, 0.6) is 17.2 Å². The summed E-state index contributed by atoms with van der Waals surface area (Å²) >= 11 is 0. The first-order valence-electron chi connectivity index (χ1n) is 10.5. The number of carbonyl (C=O) groups excluding carboxylic acids is 1. The maximum absolute atomic E-state index is 13.1. The molecule has 0 saturated carbocycles. The van der Waals surface area contributed by atoms with Crippen molar-refractivity contribution >= 4 is 12.1 Å². The predicted molar refractivity (Wildman–Crippen MR) is 130 cm³/mol. The number of hydrogen-bond donors (Lipinski definition) is 1. The van der Waals surface area contributed by atoms with Crippen molar-refractivity contribution in [2.75, 3.05) is 21.3 Å². The minimum atomic E-state index is -0.392. The van der Waals surface area contributed by atoms with Crippen LogP contribution in [0.1, 0.15) is 15.9 Å². The van der Waals surface area contributed by atoms with Crippen molar-refractivity contribution in [3.05, 3.63) is 90.1 Å². The Labute approximate surface area is 197 Å². The van der Waals surface area contributed by atoms with E-state index in [1.807, 2.05) is 60.7 Å². The van der Waals surface area contributed by atoms with Crippen LogP contribution in [0, 0.1) is 0 Å². The first-order chi connectivity index (χ1) is 16.6. The Bertz CT molecular complexity index is 1300. The number of ether oxygens (including phenoxy) is 3. The number of para-hydroxylation sites is 1. The Hall–Kier alpha value is -4.59. The molecule has 0 radical (unpaired) electrons. The number of aromatic nitrogens is 2. The zero-order valence-electron chi connectivity index (χ0n) is 19.1. The van der Waals surface area contributed by atoms with Crippen LogP contribution < -0.4 is 19.6 Å². The fourth-order valence-corrected chi connectivity index (χ4v) is 3.44. The van der Waals surface area contributed by atoms with Gasteiger partial charge in [-0.3, -0.25) is 4.79 Å². The highest BCUT2D eigenvalue weighted by molar-refractivity contribution is 6.00. The largest absolute Gasteiger partial charge is 0.496 e. The third-order valence-electron chi connectivity index (χ3n) is 5.13. The van der Waals surface area contributed by atoms with Gasteiger partial charge in [0.15, 0.2) is 11.5 Å². The summed E-state index contributed by atoms with van der Waals surface area (Å²) in [5.74, 6) is 1.18. The molecule has 3 aromatic carbocycles. The van der Waals surface area contributed by atoms with Crippen molar-refractivity contribution in [1.29, 1.82) is 0 Å². The number of nitrogens with one attached hydrogen (secondary N) is 1. The van der Waals surface area contributed by atoms with Gasteiger partial charge in [0.05, 0.1) is 38.8 Å². The molecule has 34 heavy (non-hydrogen) atoms. The zero-order chi connectivity index (χ0) is 23.9. The molecule has 0 aliphatic rings. The first-order valence-corrected chi connectivity index (χ1v) is 10.5. The summed E-state index contributed by atoms with van der Waals surface area (Å²) in [7, 11) is 4.63. The zero-order valence-corrected chi connectivity index (χ0v) is 19.1. The van der Waals surface area contributed by atoms with Gasteiger partial charge >= 0.3 is 0 Å². The summed E-state index contributed by atoms with van der Waals surface area (Å²) in [5, 5.41) is 8.80. The maximum Gasteiger partial charge on any atom is 0.275 e. The number of carbonyl (C=O) groups is 1. The number of methoxy groups -OCH3 is 3. The van der Waals surface area contributed by atoms with Crippen LogP contribution in [0.3, 0.4) is 0 Å². The molecule has 1 N–H and O–H groups in total. The van der Waals surface area contributed by atoms with Gasteiger partial charge in [0.25, 0.3) is 5.91 Å². The van der Waals surface area contributed by atoms with E-state index in [0.717, 1.165) is 11.3 Å². The smallest absolute Gasteiger partial charge is 0.275 e. The van der Waals surface area contributed by atoms with E-state index in [0.29, 0.717) is 34.1 Å². The van der Waals surface area contributed by atoms with Crippen LogP contribution in [-0.4, -0.2) is 43.2 Å². The molecule has 0 spiro atoms. The Morgan fingerprint density at radius 2 is 1.50 bits per heavy atom. The van der Waals surface area contributed by atoms with E-state index >= 15 is 0 Å². The molecule has 8 nitrogen and oxygen atoms in total. The van der Waals surface area contributed by atoms with Gasteiger partial charge < -0.3 is 14.2 Å². The summed E-state index contributed by atoms with van der Waals surface area (Å²) < 4.78 is 17.7. The van der Waals surface area contributed by atoms with Crippen molar-refractivity contribution < 1.29 is 19.0 Å². The second-order valence-corrected chi connectivity index (χ2v) is 7.19. The second kappa shape index (κ2) is 10.4. The van der Waals surface area contributed by atoms with Crippen molar-refractivity contribution in [1.82, 2.24) is 15.2 Å². The lowest BCUT2D eigenvalue weighted by molar-refractivity contribution is 0.0955. The van der Waals surface area contributed by atoms with Gasteiger partial charge in [-0.2, -0.15) is 10.2 Å². The number of nitrogens with zero attached hydrogens (tertiary/aromatic N) is 3. The highest BCUT2D eigenvalue weighted by Crippen LogP contribution is 2.33. The SMILES string of the molecule is COc1cc(OC)c(OC)cc1/C=N/NC(=O)c1cn(-c2ccccc2)nc1-c1ccccc1. The van der Waals surface area contributed by atoms with E-state index in [4.69, 9.17) is 14.2 Å². The van der Waals surface area contributed by atoms with Gasteiger partial charge in [-0.05, 0) is 18.2 Å². The molecule has 4 rings (SSSR count). The van der Waals surface area contributed by atoms with Crippen LogP contribution in [0.4, 0.5) is 0 Å². The van der Waals surface area contributed by atoms with E-state index in [2.05, 4.69) is 15.6 Å². The summed E-state index contributed by atoms with van der Waals surface area (Å²) in [6.45, 7) is 0. The minimum absolute atomic E-state index is 0.392. The molecular formula is C26H24N4O4. The molecule has 1 heterocycles. The van der Waals surface area contributed by atoms with Gasteiger partial charge in [-0.25, -0.2) is 10.1 Å². The monoisotopic (exact) mass is 456 g/mol. The summed E-state index contributed by atoms with van der Waals surface area (Å²) in [4.78, 5) is 13.1. The Morgan fingerprint density at radius 3 is 2.15 bits per heavy atom. The molecule has 0 saturated heterocycles. The quantitative estimate of drug-likeness (QED) is 0.315. The van der Waals surface area contributed by atoms with Crippen LogP contribution in [0.2, 0.25) is 0 Å². The van der Waals surface area contributed by atoms with Crippen molar-refractivity contribution in [3.63, 3.8) is 0 Å². The van der Waals surface area contributed by atoms with Crippen LogP contribution >= 0.6 is 0 Å². The first kappa shape index (κ1) is 22.6. The van der Waals surface area contributed by atoms with Gasteiger partial charge in [0.1, 0.15) is 11.4 Å².